The molecule has 2 aromatic rings. The zero-order valence-electron chi connectivity index (χ0n) is 14.5. The first-order chi connectivity index (χ1) is 11.8. The number of likely N-dealkylation sites (N-methyl/N-ethyl adjacent to an activating group) is 1. The molecule has 1 N–H and O–H groups in total. The highest BCUT2D eigenvalue weighted by Crippen LogP contribution is 2.19. The molecule has 1 aliphatic rings. The number of amides is 1. The SMILES string of the molecule is CNC1CCCN(C(=O)c2cccc(OCc3ccccc3)c2)C1.Cl. The Morgan fingerprint density at radius 3 is 2.76 bits per heavy atom. The third kappa shape index (κ3) is 5.21. The molecule has 0 saturated carbocycles. The van der Waals surface area contributed by atoms with Gasteiger partial charge in [-0.15, -0.1) is 12.4 Å². The van der Waals surface area contributed by atoms with Crippen LogP contribution < -0.4 is 10.1 Å². The predicted molar refractivity (Wildman–Crippen MR) is 102 cm³/mol. The molecule has 0 radical (unpaired) electrons. The largest absolute Gasteiger partial charge is 0.489 e. The van der Waals surface area contributed by atoms with Gasteiger partial charge >= 0.3 is 0 Å². The van der Waals surface area contributed by atoms with Gasteiger partial charge in [-0.2, -0.15) is 0 Å². The number of carbonyl (C=O) groups is 1. The van der Waals surface area contributed by atoms with Crippen molar-refractivity contribution in [2.75, 3.05) is 20.1 Å². The quantitative estimate of drug-likeness (QED) is 0.887. The van der Waals surface area contributed by atoms with Crippen LogP contribution in [0.1, 0.15) is 28.8 Å². The predicted octanol–water partition coefficient (Wildman–Crippen LogP) is 3.51. The van der Waals surface area contributed by atoms with Crippen molar-refractivity contribution in [2.24, 2.45) is 0 Å². The Bertz CT molecular complexity index is 678. The van der Waals surface area contributed by atoms with Gasteiger partial charge in [-0.1, -0.05) is 36.4 Å². The molecule has 2 aromatic carbocycles. The molecule has 1 unspecified atom stereocenters. The van der Waals surface area contributed by atoms with Gasteiger partial charge in [-0.3, -0.25) is 4.79 Å². The summed E-state index contributed by atoms with van der Waals surface area (Å²) in [5.41, 5.74) is 1.81. The van der Waals surface area contributed by atoms with Gasteiger partial charge in [-0.05, 0) is 43.7 Å². The minimum absolute atomic E-state index is 0. The van der Waals surface area contributed by atoms with Crippen LogP contribution in [0.2, 0.25) is 0 Å². The van der Waals surface area contributed by atoms with Gasteiger partial charge in [0.2, 0.25) is 0 Å². The normalized spacial score (nSPS) is 16.8. The van der Waals surface area contributed by atoms with Crippen molar-refractivity contribution >= 4 is 18.3 Å². The molecule has 1 saturated heterocycles. The van der Waals surface area contributed by atoms with E-state index in [1.165, 1.54) is 0 Å². The van der Waals surface area contributed by atoms with Crippen molar-refractivity contribution in [3.05, 3.63) is 65.7 Å². The molecule has 0 aromatic heterocycles. The van der Waals surface area contributed by atoms with E-state index in [1.807, 2.05) is 66.5 Å². The van der Waals surface area contributed by atoms with Gasteiger partial charge < -0.3 is 15.0 Å². The first kappa shape index (κ1) is 19.3. The Labute approximate surface area is 155 Å². The average Bonchev–Trinajstić information content (AvgIpc) is 2.67. The van der Waals surface area contributed by atoms with E-state index in [9.17, 15) is 4.79 Å². The van der Waals surface area contributed by atoms with E-state index in [1.54, 1.807) is 0 Å². The topological polar surface area (TPSA) is 41.6 Å². The second-order valence-electron chi connectivity index (χ2n) is 6.18. The van der Waals surface area contributed by atoms with Gasteiger partial charge in [0.05, 0.1) is 0 Å². The van der Waals surface area contributed by atoms with E-state index in [0.717, 1.165) is 37.2 Å². The van der Waals surface area contributed by atoms with Gasteiger partial charge in [0.1, 0.15) is 12.4 Å². The van der Waals surface area contributed by atoms with Crippen LogP contribution in [0.5, 0.6) is 5.75 Å². The van der Waals surface area contributed by atoms with E-state index in [-0.39, 0.29) is 18.3 Å². The van der Waals surface area contributed by atoms with E-state index in [4.69, 9.17) is 4.74 Å². The number of halogens is 1. The van der Waals surface area contributed by atoms with E-state index in [0.29, 0.717) is 18.2 Å². The van der Waals surface area contributed by atoms with Crippen LogP contribution in [-0.4, -0.2) is 37.0 Å². The van der Waals surface area contributed by atoms with Crippen LogP contribution in [0.15, 0.2) is 54.6 Å². The first-order valence-electron chi connectivity index (χ1n) is 8.49. The minimum Gasteiger partial charge on any atom is -0.489 e. The number of piperidine rings is 1. The molecule has 25 heavy (non-hydrogen) atoms. The number of carbonyl (C=O) groups excluding carboxylic acids is 1. The van der Waals surface area contributed by atoms with Gasteiger partial charge in [0, 0.05) is 24.7 Å². The highest BCUT2D eigenvalue weighted by Gasteiger charge is 2.23. The van der Waals surface area contributed by atoms with Gasteiger partial charge in [-0.25, -0.2) is 0 Å². The van der Waals surface area contributed by atoms with Crippen molar-refractivity contribution in [3.63, 3.8) is 0 Å². The molecule has 3 rings (SSSR count). The molecule has 0 bridgehead atoms. The summed E-state index contributed by atoms with van der Waals surface area (Å²) in [6, 6.07) is 17.9. The fourth-order valence-corrected chi connectivity index (χ4v) is 3.04. The molecule has 0 spiro atoms. The molecular weight excluding hydrogens is 336 g/mol. The van der Waals surface area contributed by atoms with E-state index in [2.05, 4.69) is 5.32 Å². The lowest BCUT2D eigenvalue weighted by molar-refractivity contribution is 0.0697. The van der Waals surface area contributed by atoms with Crippen LogP contribution in [0, 0.1) is 0 Å². The summed E-state index contributed by atoms with van der Waals surface area (Å²) < 4.78 is 5.83. The number of hydrogen-bond donors (Lipinski definition) is 1. The Kier molecular flexibility index (Phi) is 7.29. The first-order valence-corrected chi connectivity index (χ1v) is 8.49. The zero-order chi connectivity index (χ0) is 16.8. The monoisotopic (exact) mass is 360 g/mol. The maximum absolute atomic E-state index is 12.7. The standard InChI is InChI=1S/C20H24N2O2.ClH/c1-21-18-10-6-12-22(14-18)20(23)17-9-5-11-19(13-17)24-15-16-7-3-2-4-8-16;/h2-5,7-9,11,13,18,21H,6,10,12,14-15H2,1H3;1H. The molecule has 5 heteroatoms. The highest BCUT2D eigenvalue weighted by molar-refractivity contribution is 5.94. The van der Waals surface area contributed by atoms with Gasteiger partial charge in [0.15, 0.2) is 0 Å². The maximum atomic E-state index is 12.7. The molecule has 1 aliphatic heterocycles. The summed E-state index contributed by atoms with van der Waals surface area (Å²) in [4.78, 5) is 14.7. The van der Waals surface area contributed by atoms with Crippen LogP contribution in [0.3, 0.4) is 0 Å². The number of rotatable bonds is 5. The number of ether oxygens (including phenoxy) is 1. The summed E-state index contributed by atoms with van der Waals surface area (Å²) in [6.07, 6.45) is 2.17. The fraction of sp³-hybridized carbons (Fsp3) is 0.350. The summed E-state index contributed by atoms with van der Waals surface area (Å²) in [7, 11) is 1.96. The lowest BCUT2D eigenvalue weighted by Crippen LogP contribution is -2.46. The van der Waals surface area contributed by atoms with Crippen LogP contribution in [0.25, 0.3) is 0 Å². The minimum atomic E-state index is 0. The molecule has 134 valence electrons. The number of benzene rings is 2. The van der Waals surface area contributed by atoms with Crippen molar-refractivity contribution in [1.29, 1.82) is 0 Å². The molecule has 1 heterocycles. The van der Waals surface area contributed by atoms with Gasteiger partial charge in [0.25, 0.3) is 5.91 Å². The smallest absolute Gasteiger partial charge is 0.254 e. The number of nitrogens with one attached hydrogen (secondary N) is 1. The molecule has 1 fully saturated rings. The van der Waals surface area contributed by atoms with E-state index >= 15 is 0 Å². The lowest BCUT2D eigenvalue weighted by atomic mass is 10.0. The molecular formula is C20H25ClN2O2. The average molecular weight is 361 g/mol. The molecule has 1 atom stereocenters. The maximum Gasteiger partial charge on any atom is 0.254 e. The zero-order valence-corrected chi connectivity index (χ0v) is 15.3. The van der Waals surface area contributed by atoms with E-state index < -0.39 is 0 Å². The second-order valence-corrected chi connectivity index (χ2v) is 6.18. The third-order valence-electron chi connectivity index (χ3n) is 4.45. The highest BCUT2D eigenvalue weighted by atomic mass is 35.5. The summed E-state index contributed by atoms with van der Waals surface area (Å²) in [5.74, 6) is 0.812. The second kappa shape index (κ2) is 9.44. The Hall–Kier alpha value is -2.04. The lowest BCUT2D eigenvalue weighted by Gasteiger charge is -2.32. The Morgan fingerprint density at radius 2 is 2.00 bits per heavy atom. The van der Waals surface area contributed by atoms with Crippen molar-refractivity contribution in [2.45, 2.75) is 25.5 Å². The number of hydrogen-bond acceptors (Lipinski definition) is 3. The van der Waals surface area contributed by atoms with Crippen LogP contribution >= 0.6 is 12.4 Å². The third-order valence-corrected chi connectivity index (χ3v) is 4.45. The molecule has 1 amide bonds. The van der Waals surface area contributed by atoms with Crippen molar-refractivity contribution in [3.8, 4) is 5.75 Å². The Morgan fingerprint density at radius 1 is 1.20 bits per heavy atom. The summed E-state index contributed by atoms with van der Waals surface area (Å²) in [5, 5.41) is 3.27. The van der Waals surface area contributed by atoms with Crippen molar-refractivity contribution in [1.82, 2.24) is 10.2 Å². The van der Waals surface area contributed by atoms with Crippen LogP contribution in [-0.2, 0) is 6.61 Å². The summed E-state index contributed by atoms with van der Waals surface area (Å²) in [6.45, 7) is 2.10. The molecule has 0 aliphatic carbocycles. The fourth-order valence-electron chi connectivity index (χ4n) is 3.04. The number of nitrogens with zero attached hydrogens (tertiary/aromatic N) is 1. The molecule has 4 nitrogen and oxygen atoms in total. The Balaban J connectivity index is 0.00000225. The van der Waals surface area contributed by atoms with Crippen molar-refractivity contribution < 1.29 is 9.53 Å². The summed E-state index contributed by atoms with van der Waals surface area (Å²) >= 11 is 0. The number of likely N-dealkylation sites (tertiary alicyclic amines) is 1. The van der Waals surface area contributed by atoms with Crippen LogP contribution in [0.4, 0.5) is 0 Å².